The Morgan fingerprint density at radius 2 is 2.00 bits per heavy atom. The molecule has 0 saturated carbocycles. The van der Waals surface area contributed by atoms with Crippen molar-refractivity contribution in [1.82, 2.24) is 10.2 Å². The van der Waals surface area contributed by atoms with Crippen LogP contribution in [0.4, 0.5) is 17.6 Å². The number of fused-ring (bicyclic) bond motifs is 3. The lowest BCUT2D eigenvalue weighted by Gasteiger charge is -2.30. The number of ether oxygens (including phenoxy) is 1. The Labute approximate surface area is 171 Å². The quantitative estimate of drug-likeness (QED) is 0.725. The molecule has 4 rings (SSSR count). The van der Waals surface area contributed by atoms with E-state index in [2.05, 4.69) is 5.32 Å². The number of hydrogen-bond acceptors (Lipinski definition) is 3. The summed E-state index contributed by atoms with van der Waals surface area (Å²) in [6, 6.07) is 6.80. The number of carbonyl (C=O) groups is 1. The van der Waals surface area contributed by atoms with E-state index < -0.39 is 30.4 Å². The maximum atomic E-state index is 13.9. The van der Waals surface area contributed by atoms with Crippen LogP contribution in [-0.4, -0.2) is 36.5 Å². The van der Waals surface area contributed by atoms with Gasteiger partial charge in [0, 0.05) is 19.6 Å². The van der Waals surface area contributed by atoms with Crippen molar-refractivity contribution >= 4 is 5.91 Å². The standard InChI is InChI=1S/C22H22F4N2O2/c1-12(2)30-15-3-4-16(14(7-15)10-23)13-8-17-19-11-27-5-6-28(19)21(29)20(17)18(9-13)22(24,25)26/h3-4,7-9,12,19,27H,5-6,10-11H2,1-2H3/t19-/m0/s1. The monoisotopic (exact) mass is 422 g/mol. The fourth-order valence-corrected chi connectivity index (χ4v) is 4.22. The van der Waals surface area contributed by atoms with Crippen molar-refractivity contribution in [3.63, 3.8) is 0 Å². The van der Waals surface area contributed by atoms with Crippen LogP contribution in [0.2, 0.25) is 0 Å². The summed E-state index contributed by atoms with van der Waals surface area (Å²) in [5.74, 6) is -0.141. The molecule has 1 amide bonds. The molecule has 0 aliphatic carbocycles. The van der Waals surface area contributed by atoms with E-state index in [4.69, 9.17) is 4.74 Å². The number of halogens is 4. The molecule has 2 aromatic carbocycles. The van der Waals surface area contributed by atoms with Crippen LogP contribution in [-0.2, 0) is 12.9 Å². The zero-order chi connectivity index (χ0) is 21.6. The van der Waals surface area contributed by atoms with Gasteiger partial charge in [0.2, 0.25) is 0 Å². The second kappa shape index (κ2) is 7.58. The molecule has 0 radical (unpaired) electrons. The van der Waals surface area contributed by atoms with Gasteiger partial charge in [0.1, 0.15) is 12.4 Å². The number of amides is 1. The Kier molecular flexibility index (Phi) is 5.22. The van der Waals surface area contributed by atoms with E-state index >= 15 is 0 Å². The molecule has 1 N–H and O–H groups in total. The van der Waals surface area contributed by atoms with E-state index in [1.807, 2.05) is 13.8 Å². The Bertz CT molecular complexity index is 988. The van der Waals surface area contributed by atoms with E-state index in [0.717, 1.165) is 6.07 Å². The van der Waals surface area contributed by atoms with Gasteiger partial charge in [-0.2, -0.15) is 13.2 Å². The van der Waals surface area contributed by atoms with Crippen molar-refractivity contribution in [1.29, 1.82) is 0 Å². The molecule has 1 saturated heterocycles. The lowest BCUT2D eigenvalue weighted by Crippen LogP contribution is -2.44. The van der Waals surface area contributed by atoms with Crippen LogP contribution in [0, 0.1) is 0 Å². The first kappa shape index (κ1) is 20.7. The molecule has 1 atom stereocenters. The molecule has 0 spiro atoms. The maximum Gasteiger partial charge on any atom is 0.417 e. The number of piperazine rings is 1. The third-order valence-corrected chi connectivity index (χ3v) is 5.45. The van der Waals surface area contributed by atoms with Gasteiger partial charge in [-0.1, -0.05) is 6.07 Å². The average molecular weight is 422 g/mol. The zero-order valence-electron chi connectivity index (χ0n) is 16.6. The molecule has 1 fully saturated rings. The molecule has 0 aromatic heterocycles. The third kappa shape index (κ3) is 3.53. The minimum atomic E-state index is -4.70. The predicted octanol–water partition coefficient (Wildman–Crippen LogP) is 4.73. The topological polar surface area (TPSA) is 41.6 Å². The van der Waals surface area contributed by atoms with E-state index in [0.29, 0.717) is 36.5 Å². The first-order valence-corrected chi connectivity index (χ1v) is 9.83. The minimum Gasteiger partial charge on any atom is -0.491 e. The first-order chi connectivity index (χ1) is 14.2. The number of rotatable bonds is 4. The highest BCUT2D eigenvalue weighted by atomic mass is 19.4. The van der Waals surface area contributed by atoms with Crippen molar-refractivity contribution in [2.24, 2.45) is 0 Å². The second-order valence-corrected chi connectivity index (χ2v) is 7.82. The molecule has 8 heteroatoms. The number of nitrogens with zero attached hydrogens (tertiary/aromatic N) is 1. The summed E-state index contributed by atoms with van der Waals surface area (Å²) >= 11 is 0. The summed E-state index contributed by atoms with van der Waals surface area (Å²) in [5, 5.41) is 3.13. The number of nitrogens with one attached hydrogen (secondary N) is 1. The van der Waals surface area contributed by atoms with Crippen LogP contribution in [0.15, 0.2) is 30.3 Å². The SMILES string of the molecule is CC(C)Oc1ccc(-c2cc3c(c(C(F)(F)F)c2)C(=O)N2CCNC[C@@H]32)c(CF)c1. The molecule has 4 nitrogen and oxygen atoms in total. The Morgan fingerprint density at radius 3 is 2.67 bits per heavy atom. The summed E-state index contributed by atoms with van der Waals surface area (Å²) in [4.78, 5) is 14.2. The van der Waals surface area contributed by atoms with E-state index in [9.17, 15) is 22.4 Å². The van der Waals surface area contributed by atoms with Crippen LogP contribution < -0.4 is 10.1 Å². The van der Waals surface area contributed by atoms with Gasteiger partial charge in [0.15, 0.2) is 0 Å². The molecular formula is C22H22F4N2O2. The highest BCUT2D eigenvalue weighted by Crippen LogP contribution is 2.45. The number of alkyl halides is 4. The summed E-state index contributed by atoms with van der Waals surface area (Å²) in [7, 11) is 0. The van der Waals surface area contributed by atoms with Gasteiger partial charge in [-0.25, -0.2) is 4.39 Å². The highest BCUT2D eigenvalue weighted by Gasteiger charge is 2.45. The smallest absolute Gasteiger partial charge is 0.417 e. The molecule has 2 heterocycles. The fraction of sp³-hybridized carbons (Fsp3) is 0.409. The Morgan fingerprint density at radius 1 is 1.23 bits per heavy atom. The van der Waals surface area contributed by atoms with Crippen LogP contribution in [0.25, 0.3) is 11.1 Å². The Balaban J connectivity index is 1.88. The number of carbonyl (C=O) groups excluding carboxylic acids is 1. The van der Waals surface area contributed by atoms with E-state index in [1.165, 1.54) is 11.0 Å². The fourth-order valence-electron chi connectivity index (χ4n) is 4.22. The molecule has 160 valence electrons. The number of benzene rings is 2. The lowest BCUT2D eigenvalue weighted by atomic mass is 9.91. The molecule has 2 aliphatic rings. The maximum absolute atomic E-state index is 13.9. The minimum absolute atomic E-state index is 0.115. The normalized spacial score (nSPS) is 18.6. The van der Waals surface area contributed by atoms with Gasteiger partial charge in [0.05, 0.1) is 23.3 Å². The van der Waals surface area contributed by atoms with Gasteiger partial charge in [-0.3, -0.25) is 4.79 Å². The second-order valence-electron chi connectivity index (χ2n) is 7.82. The van der Waals surface area contributed by atoms with Crippen molar-refractivity contribution in [2.45, 2.75) is 38.8 Å². The van der Waals surface area contributed by atoms with Crippen LogP contribution >= 0.6 is 0 Å². The average Bonchev–Trinajstić information content (AvgIpc) is 2.98. The van der Waals surface area contributed by atoms with Gasteiger partial charge >= 0.3 is 6.18 Å². The predicted molar refractivity (Wildman–Crippen MR) is 104 cm³/mol. The largest absolute Gasteiger partial charge is 0.491 e. The van der Waals surface area contributed by atoms with Crippen LogP contribution in [0.5, 0.6) is 5.75 Å². The summed E-state index contributed by atoms with van der Waals surface area (Å²) in [5.41, 5.74) is -0.0849. The Hall–Kier alpha value is -2.61. The third-order valence-electron chi connectivity index (χ3n) is 5.45. The molecule has 0 unspecified atom stereocenters. The molecule has 30 heavy (non-hydrogen) atoms. The van der Waals surface area contributed by atoms with Gasteiger partial charge < -0.3 is 15.0 Å². The summed E-state index contributed by atoms with van der Waals surface area (Å²) in [6.07, 6.45) is -4.81. The zero-order valence-corrected chi connectivity index (χ0v) is 16.6. The van der Waals surface area contributed by atoms with Gasteiger partial charge in [-0.05, 0) is 60.4 Å². The van der Waals surface area contributed by atoms with E-state index in [-0.39, 0.29) is 22.8 Å². The van der Waals surface area contributed by atoms with Crippen LogP contribution in [0.3, 0.4) is 0 Å². The molecule has 0 bridgehead atoms. The van der Waals surface area contributed by atoms with Crippen molar-refractivity contribution in [3.05, 3.63) is 52.6 Å². The lowest BCUT2D eigenvalue weighted by molar-refractivity contribution is -0.137. The van der Waals surface area contributed by atoms with Crippen molar-refractivity contribution < 1.29 is 27.1 Å². The molecular weight excluding hydrogens is 400 g/mol. The molecule has 2 aliphatic heterocycles. The van der Waals surface area contributed by atoms with E-state index in [1.54, 1.807) is 18.2 Å². The van der Waals surface area contributed by atoms with Gasteiger partial charge in [-0.15, -0.1) is 0 Å². The summed E-state index contributed by atoms with van der Waals surface area (Å²) < 4.78 is 61.1. The summed E-state index contributed by atoms with van der Waals surface area (Å²) in [6.45, 7) is 4.09. The number of hydrogen-bond donors (Lipinski definition) is 1. The molecule has 2 aromatic rings. The van der Waals surface area contributed by atoms with Crippen LogP contribution in [0.1, 0.15) is 46.9 Å². The first-order valence-electron chi connectivity index (χ1n) is 9.83. The highest BCUT2D eigenvalue weighted by molar-refractivity contribution is 6.02. The van der Waals surface area contributed by atoms with Crippen molar-refractivity contribution in [2.75, 3.05) is 19.6 Å². The van der Waals surface area contributed by atoms with Crippen molar-refractivity contribution in [3.8, 4) is 16.9 Å². The van der Waals surface area contributed by atoms with Gasteiger partial charge in [0.25, 0.3) is 5.91 Å².